The van der Waals surface area contributed by atoms with Crippen molar-refractivity contribution in [2.75, 3.05) is 5.32 Å². The molecule has 2 heterocycles. The summed E-state index contributed by atoms with van der Waals surface area (Å²) in [6, 6.07) is 18.2. The summed E-state index contributed by atoms with van der Waals surface area (Å²) in [5.74, 6) is 0.594. The molecule has 7 nitrogen and oxygen atoms in total. The number of rotatable bonds is 5. The summed E-state index contributed by atoms with van der Waals surface area (Å²) in [4.78, 5) is 0. The van der Waals surface area contributed by atoms with Gasteiger partial charge in [-0.25, -0.2) is 0 Å². The van der Waals surface area contributed by atoms with Crippen LogP contribution in [-0.2, 0) is 13.6 Å². The van der Waals surface area contributed by atoms with E-state index in [1.807, 2.05) is 60.4 Å². The fraction of sp³-hybridized carbons (Fsp3) is 0.158. The summed E-state index contributed by atoms with van der Waals surface area (Å²) in [6.45, 7) is 2.63. The Labute approximate surface area is 151 Å². The zero-order valence-electron chi connectivity index (χ0n) is 14.7. The lowest BCUT2D eigenvalue weighted by Crippen LogP contribution is -2.07. The van der Waals surface area contributed by atoms with Gasteiger partial charge in [0, 0.05) is 30.9 Å². The Morgan fingerprint density at radius 1 is 1.00 bits per heavy atom. The molecule has 0 bridgehead atoms. The van der Waals surface area contributed by atoms with Crippen molar-refractivity contribution >= 4 is 5.95 Å². The van der Waals surface area contributed by atoms with E-state index in [0.29, 0.717) is 12.5 Å². The molecule has 0 amide bonds. The Morgan fingerprint density at radius 2 is 1.77 bits per heavy atom. The van der Waals surface area contributed by atoms with E-state index in [2.05, 4.69) is 45.0 Å². The highest BCUT2D eigenvalue weighted by Gasteiger charge is 2.12. The number of aryl methyl sites for hydroxylation is 2. The Bertz CT molecular complexity index is 1000. The molecule has 26 heavy (non-hydrogen) atoms. The van der Waals surface area contributed by atoms with Crippen LogP contribution in [-0.4, -0.2) is 30.0 Å². The first-order valence-electron chi connectivity index (χ1n) is 8.38. The SMILES string of the molecule is Cc1ccc(-n2nnnc2NCc2cn(C)nc2-c2ccccc2)cc1. The molecule has 0 radical (unpaired) electrons. The minimum absolute atomic E-state index is 0.574. The van der Waals surface area contributed by atoms with Crippen LogP contribution in [0.2, 0.25) is 0 Å². The molecule has 4 aromatic rings. The second-order valence-corrected chi connectivity index (χ2v) is 6.15. The average molecular weight is 345 g/mol. The number of nitrogens with one attached hydrogen (secondary N) is 1. The minimum Gasteiger partial charge on any atom is -0.349 e. The molecule has 2 aromatic carbocycles. The third-order valence-corrected chi connectivity index (χ3v) is 4.14. The van der Waals surface area contributed by atoms with Crippen LogP contribution in [0.1, 0.15) is 11.1 Å². The summed E-state index contributed by atoms with van der Waals surface area (Å²) in [5, 5.41) is 19.9. The molecular formula is C19H19N7. The fourth-order valence-electron chi connectivity index (χ4n) is 2.84. The number of benzene rings is 2. The van der Waals surface area contributed by atoms with E-state index < -0.39 is 0 Å². The molecule has 0 aliphatic rings. The predicted molar refractivity (Wildman–Crippen MR) is 99.9 cm³/mol. The van der Waals surface area contributed by atoms with Crippen molar-refractivity contribution < 1.29 is 0 Å². The van der Waals surface area contributed by atoms with Crippen LogP contribution in [0.15, 0.2) is 60.8 Å². The quantitative estimate of drug-likeness (QED) is 0.602. The number of anilines is 1. The molecule has 2 aromatic heterocycles. The molecule has 1 N–H and O–H groups in total. The summed E-state index contributed by atoms with van der Waals surface area (Å²) in [5.41, 5.74) is 5.23. The highest BCUT2D eigenvalue weighted by Crippen LogP contribution is 2.22. The normalized spacial score (nSPS) is 10.8. The van der Waals surface area contributed by atoms with Crippen LogP contribution in [0.3, 0.4) is 0 Å². The molecule has 0 saturated heterocycles. The van der Waals surface area contributed by atoms with Gasteiger partial charge in [0.1, 0.15) is 0 Å². The van der Waals surface area contributed by atoms with Crippen molar-refractivity contribution in [3.8, 4) is 16.9 Å². The van der Waals surface area contributed by atoms with E-state index in [-0.39, 0.29) is 0 Å². The third-order valence-electron chi connectivity index (χ3n) is 4.14. The number of tetrazole rings is 1. The van der Waals surface area contributed by atoms with Crippen molar-refractivity contribution in [2.45, 2.75) is 13.5 Å². The first kappa shape index (κ1) is 16.0. The van der Waals surface area contributed by atoms with Gasteiger partial charge in [-0.15, -0.1) is 0 Å². The lowest BCUT2D eigenvalue weighted by atomic mass is 10.1. The molecule has 0 aliphatic heterocycles. The molecule has 0 atom stereocenters. The van der Waals surface area contributed by atoms with Crippen LogP contribution in [0.4, 0.5) is 5.95 Å². The maximum Gasteiger partial charge on any atom is 0.248 e. The monoisotopic (exact) mass is 345 g/mol. The van der Waals surface area contributed by atoms with Crippen LogP contribution >= 0.6 is 0 Å². The van der Waals surface area contributed by atoms with Crippen LogP contribution in [0.25, 0.3) is 16.9 Å². The second-order valence-electron chi connectivity index (χ2n) is 6.15. The number of aromatic nitrogens is 6. The Balaban J connectivity index is 1.58. The predicted octanol–water partition coefficient (Wildman–Crippen LogP) is 2.98. The van der Waals surface area contributed by atoms with Gasteiger partial charge in [0.15, 0.2) is 0 Å². The number of nitrogens with zero attached hydrogens (tertiary/aromatic N) is 6. The zero-order valence-corrected chi connectivity index (χ0v) is 14.7. The Kier molecular flexibility index (Phi) is 4.18. The van der Waals surface area contributed by atoms with Crippen molar-refractivity contribution in [2.24, 2.45) is 7.05 Å². The summed E-state index contributed by atoms with van der Waals surface area (Å²) < 4.78 is 3.51. The molecule has 130 valence electrons. The van der Waals surface area contributed by atoms with Gasteiger partial charge < -0.3 is 5.32 Å². The first-order valence-corrected chi connectivity index (χ1v) is 8.38. The summed E-state index contributed by atoms with van der Waals surface area (Å²) >= 11 is 0. The molecule has 7 heteroatoms. The van der Waals surface area contributed by atoms with Crippen molar-refractivity contribution in [3.05, 3.63) is 71.9 Å². The van der Waals surface area contributed by atoms with E-state index >= 15 is 0 Å². The van der Waals surface area contributed by atoms with Crippen molar-refractivity contribution in [3.63, 3.8) is 0 Å². The molecule has 0 spiro atoms. The van der Waals surface area contributed by atoms with Crippen LogP contribution in [0.5, 0.6) is 0 Å². The molecule has 0 unspecified atom stereocenters. The molecule has 4 rings (SSSR count). The third kappa shape index (κ3) is 3.19. The standard InChI is InChI=1S/C19H19N7/c1-14-8-10-17(11-9-14)26-19(21-23-24-26)20-12-16-13-25(2)22-18(16)15-6-4-3-5-7-15/h3-11,13H,12H2,1-2H3,(H,20,21,24). The first-order chi connectivity index (χ1) is 12.7. The number of hydrogen-bond donors (Lipinski definition) is 1. The van der Waals surface area contributed by atoms with Gasteiger partial charge in [-0.3, -0.25) is 4.68 Å². The number of hydrogen-bond acceptors (Lipinski definition) is 5. The maximum absolute atomic E-state index is 4.59. The molecule has 0 fully saturated rings. The highest BCUT2D eigenvalue weighted by atomic mass is 15.6. The largest absolute Gasteiger partial charge is 0.349 e. The van der Waals surface area contributed by atoms with Gasteiger partial charge in [0.05, 0.1) is 11.4 Å². The van der Waals surface area contributed by atoms with Gasteiger partial charge in [-0.05, 0) is 29.5 Å². The summed E-state index contributed by atoms with van der Waals surface area (Å²) in [7, 11) is 1.92. The lowest BCUT2D eigenvalue weighted by Gasteiger charge is -2.07. The average Bonchev–Trinajstić information content (AvgIpc) is 3.27. The van der Waals surface area contributed by atoms with E-state index in [9.17, 15) is 0 Å². The second kappa shape index (κ2) is 6.79. The van der Waals surface area contributed by atoms with Gasteiger partial charge in [-0.1, -0.05) is 53.1 Å². The lowest BCUT2D eigenvalue weighted by molar-refractivity contribution is 0.769. The Hall–Kier alpha value is -3.48. The van der Waals surface area contributed by atoms with E-state index in [4.69, 9.17) is 0 Å². The molecule has 0 aliphatic carbocycles. The Morgan fingerprint density at radius 3 is 2.54 bits per heavy atom. The molecular weight excluding hydrogens is 326 g/mol. The summed E-state index contributed by atoms with van der Waals surface area (Å²) in [6.07, 6.45) is 2.01. The van der Waals surface area contributed by atoms with Gasteiger partial charge in [0.25, 0.3) is 0 Å². The fourth-order valence-corrected chi connectivity index (χ4v) is 2.84. The van der Waals surface area contributed by atoms with Gasteiger partial charge >= 0.3 is 0 Å². The maximum atomic E-state index is 4.59. The van der Waals surface area contributed by atoms with Crippen molar-refractivity contribution in [1.82, 2.24) is 30.0 Å². The zero-order chi connectivity index (χ0) is 17.9. The van der Waals surface area contributed by atoms with E-state index in [1.54, 1.807) is 4.68 Å². The minimum atomic E-state index is 0.574. The van der Waals surface area contributed by atoms with Gasteiger partial charge in [-0.2, -0.15) is 9.78 Å². The topological polar surface area (TPSA) is 73.5 Å². The van der Waals surface area contributed by atoms with Crippen LogP contribution in [0, 0.1) is 6.92 Å². The van der Waals surface area contributed by atoms with E-state index in [0.717, 1.165) is 22.5 Å². The smallest absolute Gasteiger partial charge is 0.248 e. The van der Waals surface area contributed by atoms with E-state index in [1.165, 1.54) is 5.56 Å². The molecule has 0 saturated carbocycles. The highest BCUT2D eigenvalue weighted by molar-refractivity contribution is 5.63. The van der Waals surface area contributed by atoms with Crippen molar-refractivity contribution in [1.29, 1.82) is 0 Å². The van der Waals surface area contributed by atoms with Crippen LogP contribution < -0.4 is 5.32 Å². The van der Waals surface area contributed by atoms with Gasteiger partial charge in [0.2, 0.25) is 5.95 Å².